The Kier molecular flexibility index (Phi) is 10.2. The van der Waals surface area contributed by atoms with Crippen molar-refractivity contribution < 1.29 is 17.9 Å². The van der Waals surface area contributed by atoms with Gasteiger partial charge in [-0.2, -0.15) is 9.40 Å². The zero-order valence-electron chi connectivity index (χ0n) is 22.7. The Morgan fingerprint density at radius 2 is 1.85 bits per heavy atom. The van der Waals surface area contributed by atoms with E-state index in [4.69, 9.17) is 9.72 Å². The molecule has 0 saturated carbocycles. The van der Waals surface area contributed by atoms with E-state index in [9.17, 15) is 13.2 Å². The van der Waals surface area contributed by atoms with Crippen LogP contribution in [0.2, 0.25) is 0 Å². The summed E-state index contributed by atoms with van der Waals surface area (Å²) in [6.45, 7) is 9.79. The van der Waals surface area contributed by atoms with Crippen LogP contribution >= 0.6 is 11.8 Å². The molecule has 212 valence electrons. The lowest BCUT2D eigenvalue weighted by molar-refractivity contribution is 0.0952. The Hall–Kier alpha value is -2.74. The van der Waals surface area contributed by atoms with Crippen LogP contribution in [0.4, 0.5) is 5.82 Å². The molecule has 11 nitrogen and oxygen atoms in total. The van der Waals surface area contributed by atoms with Gasteiger partial charge in [0.15, 0.2) is 10.8 Å². The minimum atomic E-state index is -3.53. The van der Waals surface area contributed by atoms with E-state index in [-0.39, 0.29) is 10.8 Å². The van der Waals surface area contributed by atoms with Gasteiger partial charge in [0.2, 0.25) is 10.0 Å². The molecule has 0 bridgehead atoms. The summed E-state index contributed by atoms with van der Waals surface area (Å²) in [5, 5.41) is 12.5. The van der Waals surface area contributed by atoms with Crippen molar-refractivity contribution in [2.75, 3.05) is 44.7 Å². The topological polar surface area (TPSA) is 131 Å². The van der Waals surface area contributed by atoms with Crippen LogP contribution in [0.3, 0.4) is 0 Å². The second-order valence-corrected chi connectivity index (χ2v) is 13.0. The number of carbonyl (C=O) groups is 1. The normalized spacial score (nSPS) is 14.7. The first kappa shape index (κ1) is 29.2. The Morgan fingerprint density at radius 3 is 2.54 bits per heavy atom. The average Bonchev–Trinajstić information content (AvgIpc) is 3.34. The van der Waals surface area contributed by atoms with Crippen molar-refractivity contribution in [1.29, 1.82) is 0 Å². The molecule has 0 atom stereocenters. The van der Waals surface area contributed by atoms with Gasteiger partial charge in [0.1, 0.15) is 5.82 Å². The molecule has 1 aliphatic rings. The number of aromatic nitrogens is 4. The summed E-state index contributed by atoms with van der Waals surface area (Å²) in [4.78, 5) is 22.3. The number of nitrogens with zero attached hydrogens (tertiary/aromatic N) is 5. The van der Waals surface area contributed by atoms with Gasteiger partial charge in [-0.25, -0.2) is 23.1 Å². The van der Waals surface area contributed by atoms with Crippen molar-refractivity contribution in [3.8, 4) is 0 Å². The zero-order chi connectivity index (χ0) is 27.8. The highest BCUT2D eigenvalue weighted by Crippen LogP contribution is 2.26. The molecule has 0 spiro atoms. The molecule has 1 saturated heterocycles. The molecule has 1 aliphatic heterocycles. The minimum absolute atomic E-state index is 0.212. The van der Waals surface area contributed by atoms with E-state index in [0.29, 0.717) is 73.4 Å². The van der Waals surface area contributed by atoms with Crippen molar-refractivity contribution in [3.05, 3.63) is 36.0 Å². The number of hydrogen-bond acceptors (Lipinski definition) is 9. The van der Waals surface area contributed by atoms with E-state index >= 15 is 0 Å². The lowest BCUT2D eigenvalue weighted by atomic mass is 10.2. The van der Waals surface area contributed by atoms with Crippen molar-refractivity contribution in [2.45, 2.75) is 61.9 Å². The van der Waals surface area contributed by atoms with E-state index in [2.05, 4.69) is 34.6 Å². The van der Waals surface area contributed by atoms with E-state index in [0.717, 1.165) is 24.6 Å². The van der Waals surface area contributed by atoms with E-state index < -0.39 is 10.0 Å². The summed E-state index contributed by atoms with van der Waals surface area (Å²) in [7, 11) is -3.53. The van der Waals surface area contributed by atoms with Crippen LogP contribution < -0.4 is 10.6 Å². The van der Waals surface area contributed by atoms with Gasteiger partial charge in [-0.3, -0.25) is 4.79 Å². The lowest BCUT2D eigenvalue weighted by Crippen LogP contribution is -2.35. The SMILES string of the molecule is CCOCCNc1nc(SC(C)C)nc2c1cnn2CCNC(=O)c1ccc(S(=O)(=O)N2CCCCC2)cc1. The van der Waals surface area contributed by atoms with Gasteiger partial charge >= 0.3 is 0 Å². The Bertz CT molecular complexity index is 1350. The summed E-state index contributed by atoms with van der Waals surface area (Å²) < 4.78 is 34.4. The third-order valence-electron chi connectivity index (χ3n) is 6.24. The molecular formula is C26H37N7O4S2. The number of ether oxygens (including phenoxy) is 1. The first-order chi connectivity index (χ1) is 18.8. The van der Waals surface area contributed by atoms with Crippen LogP contribution in [0.25, 0.3) is 11.0 Å². The van der Waals surface area contributed by atoms with Gasteiger partial charge in [-0.15, -0.1) is 0 Å². The van der Waals surface area contributed by atoms with Gasteiger partial charge in [-0.1, -0.05) is 32.0 Å². The van der Waals surface area contributed by atoms with Gasteiger partial charge in [0.05, 0.1) is 29.6 Å². The molecule has 3 heterocycles. The fourth-order valence-electron chi connectivity index (χ4n) is 4.29. The van der Waals surface area contributed by atoms with Crippen molar-refractivity contribution in [3.63, 3.8) is 0 Å². The van der Waals surface area contributed by atoms with E-state index in [1.165, 1.54) is 16.4 Å². The molecule has 3 aromatic rings. The van der Waals surface area contributed by atoms with Gasteiger partial charge in [0, 0.05) is 43.6 Å². The highest BCUT2D eigenvalue weighted by atomic mass is 32.2. The van der Waals surface area contributed by atoms with Gasteiger partial charge in [0.25, 0.3) is 5.91 Å². The summed E-state index contributed by atoms with van der Waals surface area (Å²) in [6, 6.07) is 6.12. The molecular weight excluding hydrogens is 538 g/mol. The van der Waals surface area contributed by atoms with Crippen LogP contribution in [0.1, 0.15) is 50.4 Å². The number of piperidine rings is 1. The maximum atomic E-state index is 12.9. The number of rotatable bonds is 13. The molecule has 1 fully saturated rings. The second kappa shape index (κ2) is 13.6. The highest BCUT2D eigenvalue weighted by Gasteiger charge is 2.26. The standard InChI is InChI=1S/C26H37N7O4S2/c1-4-37-17-13-27-23-22-18-29-33(24(22)31-26(30-23)38-19(2)3)16-12-28-25(34)20-8-10-21(11-9-20)39(35,36)32-14-6-5-7-15-32/h8-11,18-19H,4-7,12-17H2,1-3H3,(H,28,34)(H,27,30,31). The Balaban J connectivity index is 1.40. The van der Waals surface area contributed by atoms with Crippen molar-refractivity contribution in [1.82, 2.24) is 29.4 Å². The van der Waals surface area contributed by atoms with Crippen LogP contribution in [0, 0.1) is 0 Å². The van der Waals surface area contributed by atoms with Crippen LogP contribution in [0.5, 0.6) is 0 Å². The van der Waals surface area contributed by atoms with Crippen molar-refractivity contribution in [2.24, 2.45) is 0 Å². The molecule has 4 rings (SSSR count). The molecule has 13 heteroatoms. The molecule has 0 aliphatic carbocycles. The zero-order valence-corrected chi connectivity index (χ0v) is 24.4. The lowest BCUT2D eigenvalue weighted by Gasteiger charge is -2.25. The predicted molar refractivity (Wildman–Crippen MR) is 153 cm³/mol. The van der Waals surface area contributed by atoms with E-state index in [1.54, 1.807) is 34.8 Å². The molecule has 1 amide bonds. The van der Waals surface area contributed by atoms with E-state index in [1.807, 2.05) is 6.92 Å². The number of anilines is 1. The smallest absolute Gasteiger partial charge is 0.251 e. The molecule has 0 unspecified atom stereocenters. The molecule has 2 N–H and O–H groups in total. The summed E-state index contributed by atoms with van der Waals surface area (Å²) in [5.41, 5.74) is 1.09. The number of amides is 1. The largest absolute Gasteiger partial charge is 0.380 e. The van der Waals surface area contributed by atoms with Crippen LogP contribution in [0.15, 0.2) is 40.5 Å². The Morgan fingerprint density at radius 1 is 1.10 bits per heavy atom. The number of sulfonamides is 1. The molecule has 2 aromatic heterocycles. The fourth-order valence-corrected chi connectivity index (χ4v) is 6.52. The first-order valence-corrected chi connectivity index (χ1v) is 15.7. The fraction of sp³-hybridized carbons (Fsp3) is 0.538. The average molecular weight is 576 g/mol. The number of carbonyl (C=O) groups excluding carboxylic acids is 1. The summed E-state index contributed by atoms with van der Waals surface area (Å²) in [5.74, 6) is 0.426. The van der Waals surface area contributed by atoms with Gasteiger partial charge < -0.3 is 15.4 Å². The molecule has 0 radical (unpaired) electrons. The summed E-state index contributed by atoms with van der Waals surface area (Å²) in [6.07, 6.45) is 4.53. The minimum Gasteiger partial charge on any atom is -0.380 e. The van der Waals surface area contributed by atoms with Crippen molar-refractivity contribution >= 4 is 44.5 Å². The Labute approximate surface area is 234 Å². The maximum Gasteiger partial charge on any atom is 0.251 e. The quantitative estimate of drug-likeness (QED) is 0.179. The maximum absolute atomic E-state index is 12.9. The predicted octanol–water partition coefficient (Wildman–Crippen LogP) is 3.38. The number of nitrogens with one attached hydrogen (secondary N) is 2. The third kappa shape index (κ3) is 7.47. The van der Waals surface area contributed by atoms with Crippen LogP contribution in [-0.2, 0) is 21.3 Å². The molecule has 39 heavy (non-hydrogen) atoms. The summed E-state index contributed by atoms with van der Waals surface area (Å²) >= 11 is 1.57. The first-order valence-electron chi connectivity index (χ1n) is 13.4. The number of hydrogen-bond donors (Lipinski definition) is 2. The molecule has 1 aromatic carbocycles. The van der Waals surface area contributed by atoms with Crippen LogP contribution in [-0.4, -0.2) is 83.0 Å². The third-order valence-corrected chi connectivity index (χ3v) is 9.02. The highest BCUT2D eigenvalue weighted by molar-refractivity contribution is 7.99. The second-order valence-electron chi connectivity index (χ2n) is 9.50. The van der Waals surface area contributed by atoms with Gasteiger partial charge in [-0.05, 0) is 44.0 Å². The number of thioether (sulfide) groups is 1. The number of fused-ring (bicyclic) bond motifs is 1. The number of benzene rings is 1. The monoisotopic (exact) mass is 575 g/mol.